The Hall–Kier alpha value is -1.94. The monoisotopic (exact) mass is 1280 g/mol. The van der Waals surface area contributed by atoms with E-state index >= 15 is 0 Å². The summed E-state index contributed by atoms with van der Waals surface area (Å²) in [5.41, 5.74) is 0. The predicted molar refractivity (Wildman–Crippen MR) is 349 cm³/mol. The Balaban J connectivity index is 5.22. The summed E-state index contributed by atoms with van der Waals surface area (Å²) in [5, 5.41) is 10.6. The zero-order valence-electron chi connectivity index (χ0n) is 56.2. The second kappa shape index (κ2) is 61.6. The number of aliphatic hydroxyl groups is 1. The van der Waals surface area contributed by atoms with Crippen molar-refractivity contribution in [3.05, 3.63) is 0 Å². The molecule has 0 rings (SSSR count). The van der Waals surface area contributed by atoms with Gasteiger partial charge >= 0.3 is 39.5 Å². The van der Waals surface area contributed by atoms with E-state index in [-0.39, 0.29) is 25.7 Å². The van der Waals surface area contributed by atoms with Crippen LogP contribution in [0.2, 0.25) is 0 Å². The summed E-state index contributed by atoms with van der Waals surface area (Å²) >= 11 is 0. The van der Waals surface area contributed by atoms with Gasteiger partial charge in [0.05, 0.1) is 26.4 Å². The van der Waals surface area contributed by atoms with Gasteiger partial charge in [-0.15, -0.1) is 0 Å². The second-order valence-corrected chi connectivity index (χ2v) is 27.9. The van der Waals surface area contributed by atoms with Gasteiger partial charge in [-0.25, -0.2) is 9.13 Å². The average Bonchev–Trinajstić information content (AvgIpc) is 3.52. The van der Waals surface area contributed by atoms with Gasteiger partial charge in [0.25, 0.3) is 0 Å². The molecule has 516 valence electrons. The summed E-state index contributed by atoms with van der Waals surface area (Å²) < 4.78 is 68.1. The molecule has 0 aromatic rings. The zero-order chi connectivity index (χ0) is 64.2. The molecule has 0 aliphatic heterocycles. The topological polar surface area (TPSA) is 237 Å². The highest BCUT2D eigenvalue weighted by molar-refractivity contribution is 7.47. The van der Waals surface area contributed by atoms with E-state index in [1.807, 2.05) is 0 Å². The van der Waals surface area contributed by atoms with E-state index in [4.69, 9.17) is 37.0 Å². The molecule has 0 saturated carbocycles. The lowest BCUT2D eigenvalue weighted by Crippen LogP contribution is -2.30. The van der Waals surface area contributed by atoms with Gasteiger partial charge in [0.2, 0.25) is 0 Å². The van der Waals surface area contributed by atoms with Crippen LogP contribution in [0.1, 0.15) is 349 Å². The number of aliphatic hydroxyl groups excluding tert-OH is 1. The normalized spacial score (nSPS) is 14.1. The van der Waals surface area contributed by atoms with E-state index in [1.54, 1.807) is 0 Å². The molecule has 17 nitrogen and oxygen atoms in total. The predicted octanol–water partition coefficient (Wildman–Crippen LogP) is 19.4. The smallest absolute Gasteiger partial charge is 0.462 e. The molecule has 87 heavy (non-hydrogen) atoms. The number of esters is 4. The van der Waals surface area contributed by atoms with Gasteiger partial charge in [0.15, 0.2) is 12.2 Å². The van der Waals surface area contributed by atoms with E-state index in [0.29, 0.717) is 25.7 Å². The molecule has 0 aliphatic carbocycles. The Morgan fingerprint density at radius 1 is 0.310 bits per heavy atom. The Morgan fingerprint density at radius 2 is 0.529 bits per heavy atom. The number of rotatable bonds is 68. The number of carbonyl (C=O) groups excluding carboxylic acids is 4. The van der Waals surface area contributed by atoms with Crippen LogP contribution in [0.15, 0.2) is 0 Å². The molecule has 0 heterocycles. The molecular formula is C68H132O17P2. The number of phosphoric acid groups is 2. The minimum Gasteiger partial charge on any atom is -0.462 e. The van der Waals surface area contributed by atoms with Gasteiger partial charge in [-0.3, -0.25) is 37.3 Å². The van der Waals surface area contributed by atoms with Crippen molar-refractivity contribution in [2.24, 2.45) is 5.92 Å². The Morgan fingerprint density at radius 3 is 0.782 bits per heavy atom. The van der Waals surface area contributed by atoms with Crippen molar-refractivity contribution in [2.75, 3.05) is 39.6 Å². The fraction of sp³-hybridized carbons (Fsp3) is 0.941. The van der Waals surface area contributed by atoms with Crippen LogP contribution in [-0.2, 0) is 65.4 Å². The largest absolute Gasteiger partial charge is 0.472 e. The van der Waals surface area contributed by atoms with Gasteiger partial charge in [-0.05, 0) is 31.6 Å². The summed E-state index contributed by atoms with van der Waals surface area (Å²) in [4.78, 5) is 72.4. The van der Waals surface area contributed by atoms with Crippen molar-refractivity contribution in [3.8, 4) is 0 Å². The third-order valence-corrected chi connectivity index (χ3v) is 17.7. The van der Waals surface area contributed by atoms with Crippen LogP contribution in [0.4, 0.5) is 0 Å². The molecule has 0 fully saturated rings. The lowest BCUT2D eigenvalue weighted by molar-refractivity contribution is -0.161. The lowest BCUT2D eigenvalue weighted by Gasteiger charge is -2.21. The highest BCUT2D eigenvalue weighted by atomic mass is 31.2. The van der Waals surface area contributed by atoms with Crippen molar-refractivity contribution >= 4 is 39.5 Å². The Bertz CT molecular complexity index is 1690. The van der Waals surface area contributed by atoms with Gasteiger partial charge in [0, 0.05) is 25.7 Å². The van der Waals surface area contributed by atoms with E-state index < -0.39 is 97.5 Å². The van der Waals surface area contributed by atoms with Gasteiger partial charge in [-0.2, -0.15) is 0 Å². The van der Waals surface area contributed by atoms with Crippen molar-refractivity contribution in [3.63, 3.8) is 0 Å². The molecule has 0 radical (unpaired) electrons. The summed E-state index contributed by atoms with van der Waals surface area (Å²) in [7, 11) is -9.89. The fourth-order valence-electron chi connectivity index (χ4n) is 10.3. The second-order valence-electron chi connectivity index (χ2n) is 25.0. The number of hydrogen-bond acceptors (Lipinski definition) is 15. The zero-order valence-corrected chi connectivity index (χ0v) is 57.9. The SMILES string of the molecule is CCCCCCCCCCCCCCCCCC(=O)O[C@H](COC(=O)CCCCCCCCCCCC(C)C)COP(=O)(O)OC[C@@H](O)COP(=O)(O)OC[C@@H](COC(=O)CCCCCCCCCC)OC(=O)CCCCCCCCCCCCCC. The van der Waals surface area contributed by atoms with Crippen molar-refractivity contribution in [2.45, 2.75) is 368 Å². The molecule has 2 unspecified atom stereocenters. The van der Waals surface area contributed by atoms with Gasteiger partial charge in [0.1, 0.15) is 19.3 Å². The summed E-state index contributed by atoms with van der Waals surface area (Å²) in [5.74, 6) is -1.38. The number of phosphoric ester groups is 2. The minimum atomic E-state index is -4.95. The number of carbonyl (C=O) groups is 4. The highest BCUT2D eigenvalue weighted by Gasteiger charge is 2.30. The first-order valence-corrected chi connectivity index (χ1v) is 38.6. The van der Waals surface area contributed by atoms with Crippen LogP contribution < -0.4 is 0 Å². The lowest BCUT2D eigenvalue weighted by atomic mass is 10.0. The molecule has 0 aliphatic rings. The number of hydrogen-bond donors (Lipinski definition) is 3. The fourth-order valence-corrected chi connectivity index (χ4v) is 11.9. The summed E-state index contributed by atoms with van der Waals surface area (Å²) in [6, 6.07) is 0. The van der Waals surface area contributed by atoms with Crippen molar-refractivity contribution < 1.29 is 80.2 Å². The first kappa shape index (κ1) is 85.1. The maximum absolute atomic E-state index is 13.0. The van der Waals surface area contributed by atoms with Crippen molar-refractivity contribution in [1.82, 2.24) is 0 Å². The van der Waals surface area contributed by atoms with Crippen LogP contribution in [0.5, 0.6) is 0 Å². The van der Waals surface area contributed by atoms with E-state index in [9.17, 15) is 43.2 Å². The maximum Gasteiger partial charge on any atom is 0.472 e. The quantitative estimate of drug-likeness (QED) is 0.0222. The maximum atomic E-state index is 13.0. The third kappa shape index (κ3) is 62.6. The minimum absolute atomic E-state index is 0.107. The van der Waals surface area contributed by atoms with Gasteiger partial charge in [-0.1, -0.05) is 298 Å². The average molecular weight is 1280 g/mol. The summed E-state index contributed by atoms with van der Waals surface area (Å²) in [6.07, 6.45) is 47.1. The summed E-state index contributed by atoms with van der Waals surface area (Å²) in [6.45, 7) is 7.19. The molecule has 0 aromatic heterocycles. The molecule has 5 atom stereocenters. The first-order valence-electron chi connectivity index (χ1n) is 35.6. The van der Waals surface area contributed by atoms with Crippen LogP contribution in [-0.4, -0.2) is 96.7 Å². The van der Waals surface area contributed by atoms with Crippen molar-refractivity contribution in [1.29, 1.82) is 0 Å². The Kier molecular flexibility index (Phi) is 60.2. The van der Waals surface area contributed by atoms with E-state index in [0.717, 1.165) is 102 Å². The van der Waals surface area contributed by atoms with E-state index in [1.165, 1.54) is 167 Å². The van der Waals surface area contributed by atoms with Gasteiger partial charge < -0.3 is 33.8 Å². The molecule has 0 spiro atoms. The van der Waals surface area contributed by atoms with Crippen LogP contribution >= 0.6 is 15.6 Å². The van der Waals surface area contributed by atoms with E-state index in [2.05, 4.69) is 34.6 Å². The Labute approximate surface area is 530 Å². The standard InChI is InChI=1S/C68H132O17P2/c1-6-9-12-15-18-21-23-25-26-27-29-33-39-44-49-54-68(73)85-64(58-79-66(71)52-47-42-37-34-30-31-35-40-45-50-61(4)5)60-83-87(76,77)81-56-62(69)55-80-86(74,75)82-59-63(57-78-65(70)51-46-41-36-20-17-14-11-8-3)84-67(72)53-48-43-38-32-28-24-22-19-16-13-10-7-2/h61-64,69H,6-60H2,1-5H3,(H,74,75)(H,76,77)/t62-,63+,64+/m0/s1. The van der Waals surface area contributed by atoms with Crippen LogP contribution in [0, 0.1) is 5.92 Å². The molecular weight excluding hydrogens is 1150 g/mol. The highest BCUT2D eigenvalue weighted by Crippen LogP contribution is 2.45. The van der Waals surface area contributed by atoms with Crippen LogP contribution in [0.3, 0.4) is 0 Å². The number of unbranched alkanes of at least 4 members (excludes halogenated alkanes) is 40. The molecule has 19 heteroatoms. The molecule has 0 saturated heterocycles. The molecule has 0 amide bonds. The molecule has 0 bridgehead atoms. The van der Waals surface area contributed by atoms with Crippen LogP contribution in [0.25, 0.3) is 0 Å². The molecule has 0 aromatic carbocycles. The third-order valence-electron chi connectivity index (χ3n) is 15.8. The first-order chi connectivity index (χ1) is 42.0. The number of ether oxygens (including phenoxy) is 4. The molecule has 3 N–H and O–H groups in total.